The summed E-state index contributed by atoms with van der Waals surface area (Å²) in [5, 5.41) is 19.8. The first-order valence-corrected chi connectivity index (χ1v) is 5.22. The normalized spacial score (nSPS) is 11.9. The summed E-state index contributed by atoms with van der Waals surface area (Å²) in [6.07, 6.45) is -1.38. The van der Waals surface area contributed by atoms with Crippen molar-refractivity contribution in [1.29, 1.82) is 0 Å². The molecule has 0 radical (unpaired) electrons. The highest BCUT2D eigenvalue weighted by molar-refractivity contribution is 5.80. The molecule has 0 aromatic heterocycles. The lowest BCUT2D eigenvalue weighted by molar-refractivity contribution is -0.146. The van der Waals surface area contributed by atoms with Gasteiger partial charge < -0.3 is 15.5 Å². The standard InChI is InChI=1S/C12H15NO4/c1-8-4-2-3-5-9(8)6-11(15)13-7-10(14)12(16)17/h2-5,10,14H,6-7H2,1H3,(H,13,15)(H,16,17)/t10-/m0/s1. The molecule has 5 nitrogen and oxygen atoms in total. The van der Waals surface area contributed by atoms with Crippen LogP contribution in [0.1, 0.15) is 11.1 Å². The van der Waals surface area contributed by atoms with E-state index in [9.17, 15) is 9.59 Å². The fourth-order valence-electron chi connectivity index (χ4n) is 1.34. The van der Waals surface area contributed by atoms with Crippen LogP contribution in [-0.4, -0.2) is 34.7 Å². The quantitative estimate of drug-likeness (QED) is 0.678. The largest absolute Gasteiger partial charge is 0.479 e. The van der Waals surface area contributed by atoms with Gasteiger partial charge in [-0.05, 0) is 18.1 Å². The first-order valence-electron chi connectivity index (χ1n) is 5.22. The van der Waals surface area contributed by atoms with Gasteiger partial charge in [-0.25, -0.2) is 4.79 Å². The van der Waals surface area contributed by atoms with E-state index in [-0.39, 0.29) is 18.9 Å². The molecular formula is C12H15NO4. The van der Waals surface area contributed by atoms with E-state index in [0.29, 0.717) is 0 Å². The van der Waals surface area contributed by atoms with Crippen LogP contribution in [0.15, 0.2) is 24.3 Å². The molecule has 0 fully saturated rings. The second kappa shape index (κ2) is 6.00. The molecule has 0 saturated carbocycles. The molecule has 0 unspecified atom stereocenters. The minimum Gasteiger partial charge on any atom is -0.479 e. The second-order valence-corrected chi connectivity index (χ2v) is 3.76. The molecule has 5 heteroatoms. The van der Waals surface area contributed by atoms with E-state index in [2.05, 4.69) is 5.32 Å². The molecular weight excluding hydrogens is 222 g/mol. The van der Waals surface area contributed by atoms with Crippen molar-refractivity contribution >= 4 is 11.9 Å². The summed E-state index contributed by atoms with van der Waals surface area (Å²) in [5.74, 6) is -1.65. The number of benzene rings is 1. The van der Waals surface area contributed by atoms with E-state index < -0.39 is 12.1 Å². The molecule has 0 spiro atoms. The smallest absolute Gasteiger partial charge is 0.334 e. The molecule has 0 saturated heterocycles. The highest BCUT2D eigenvalue weighted by atomic mass is 16.4. The van der Waals surface area contributed by atoms with Gasteiger partial charge in [-0.15, -0.1) is 0 Å². The van der Waals surface area contributed by atoms with Crippen LogP contribution in [0.4, 0.5) is 0 Å². The van der Waals surface area contributed by atoms with E-state index in [1.807, 2.05) is 31.2 Å². The van der Waals surface area contributed by atoms with Crippen molar-refractivity contribution in [3.63, 3.8) is 0 Å². The number of hydrogen-bond acceptors (Lipinski definition) is 3. The molecule has 1 amide bonds. The number of aliphatic hydroxyl groups excluding tert-OH is 1. The zero-order valence-electron chi connectivity index (χ0n) is 9.51. The van der Waals surface area contributed by atoms with E-state index in [4.69, 9.17) is 10.2 Å². The fourth-order valence-corrected chi connectivity index (χ4v) is 1.34. The molecule has 1 aromatic carbocycles. The van der Waals surface area contributed by atoms with Gasteiger partial charge in [0.25, 0.3) is 0 Å². The lowest BCUT2D eigenvalue weighted by atomic mass is 10.1. The topological polar surface area (TPSA) is 86.6 Å². The molecule has 17 heavy (non-hydrogen) atoms. The number of nitrogens with one attached hydrogen (secondary N) is 1. The molecule has 1 aromatic rings. The zero-order valence-corrected chi connectivity index (χ0v) is 9.51. The van der Waals surface area contributed by atoms with E-state index in [0.717, 1.165) is 11.1 Å². The number of carboxylic acid groups (broad SMARTS) is 1. The van der Waals surface area contributed by atoms with E-state index >= 15 is 0 Å². The Balaban J connectivity index is 2.46. The Hall–Kier alpha value is -1.88. The third kappa shape index (κ3) is 4.24. The highest BCUT2D eigenvalue weighted by Gasteiger charge is 2.14. The number of amides is 1. The van der Waals surface area contributed by atoms with Gasteiger partial charge in [-0.1, -0.05) is 24.3 Å². The zero-order chi connectivity index (χ0) is 12.8. The first kappa shape index (κ1) is 13.2. The van der Waals surface area contributed by atoms with Crippen LogP contribution in [0, 0.1) is 6.92 Å². The van der Waals surface area contributed by atoms with Gasteiger partial charge in [0.05, 0.1) is 13.0 Å². The predicted molar refractivity (Wildman–Crippen MR) is 61.5 cm³/mol. The maximum Gasteiger partial charge on any atom is 0.334 e. The first-order chi connectivity index (χ1) is 8.00. The molecule has 0 aliphatic heterocycles. The number of carbonyl (C=O) groups excluding carboxylic acids is 1. The summed E-state index contributed by atoms with van der Waals surface area (Å²) in [7, 11) is 0. The minimum absolute atomic E-state index is 0.180. The minimum atomic E-state index is -1.56. The second-order valence-electron chi connectivity index (χ2n) is 3.76. The van der Waals surface area contributed by atoms with Crippen molar-refractivity contribution in [2.24, 2.45) is 0 Å². The van der Waals surface area contributed by atoms with E-state index in [1.165, 1.54) is 0 Å². The average Bonchev–Trinajstić information content (AvgIpc) is 2.29. The number of carboxylic acids is 1. The summed E-state index contributed by atoms with van der Waals surface area (Å²) >= 11 is 0. The van der Waals surface area contributed by atoms with Crippen molar-refractivity contribution in [1.82, 2.24) is 5.32 Å². The summed E-state index contributed by atoms with van der Waals surface area (Å²) in [6, 6.07) is 7.45. The third-order valence-electron chi connectivity index (χ3n) is 2.39. The van der Waals surface area contributed by atoms with Crippen LogP contribution < -0.4 is 5.32 Å². The van der Waals surface area contributed by atoms with Crippen molar-refractivity contribution < 1.29 is 19.8 Å². The Kier molecular flexibility index (Phi) is 4.66. The Labute approximate surface area is 99.1 Å². The molecule has 0 aliphatic rings. The van der Waals surface area contributed by atoms with Crippen molar-refractivity contribution in [2.75, 3.05) is 6.54 Å². The fraction of sp³-hybridized carbons (Fsp3) is 0.333. The van der Waals surface area contributed by atoms with Gasteiger partial charge in [0, 0.05) is 0 Å². The molecule has 1 atom stereocenters. The third-order valence-corrected chi connectivity index (χ3v) is 2.39. The van der Waals surface area contributed by atoms with Gasteiger partial charge in [0.1, 0.15) is 0 Å². The molecule has 0 bridgehead atoms. The lowest BCUT2D eigenvalue weighted by Crippen LogP contribution is -2.37. The average molecular weight is 237 g/mol. The van der Waals surface area contributed by atoms with Gasteiger partial charge in [-0.2, -0.15) is 0 Å². The Bertz CT molecular complexity index is 417. The Morgan fingerprint density at radius 2 is 2.00 bits per heavy atom. The number of aliphatic carboxylic acids is 1. The number of aryl methyl sites for hydroxylation is 1. The van der Waals surface area contributed by atoms with Crippen LogP contribution in [0.3, 0.4) is 0 Å². The maximum atomic E-state index is 11.5. The maximum absolute atomic E-state index is 11.5. The van der Waals surface area contributed by atoms with E-state index in [1.54, 1.807) is 0 Å². The number of aliphatic hydroxyl groups is 1. The SMILES string of the molecule is Cc1ccccc1CC(=O)NC[C@H](O)C(=O)O. The Morgan fingerprint density at radius 1 is 1.35 bits per heavy atom. The highest BCUT2D eigenvalue weighted by Crippen LogP contribution is 2.07. The summed E-state index contributed by atoms with van der Waals surface area (Å²) in [4.78, 5) is 21.8. The lowest BCUT2D eigenvalue weighted by Gasteiger charge is -2.09. The molecule has 0 aliphatic carbocycles. The van der Waals surface area contributed by atoms with Crippen LogP contribution in [-0.2, 0) is 16.0 Å². The molecule has 3 N–H and O–H groups in total. The van der Waals surface area contributed by atoms with Crippen molar-refractivity contribution in [3.8, 4) is 0 Å². The van der Waals surface area contributed by atoms with Gasteiger partial charge >= 0.3 is 5.97 Å². The number of carbonyl (C=O) groups is 2. The Morgan fingerprint density at radius 3 is 2.59 bits per heavy atom. The molecule has 0 heterocycles. The molecule has 1 rings (SSSR count). The van der Waals surface area contributed by atoms with Crippen molar-refractivity contribution in [2.45, 2.75) is 19.4 Å². The number of hydrogen-bond donors (Lipinski definition) is 3. The molecule has 92 valence electrons. The van der Waals surface area contributed by atoms with Crippen LogP contribution in [0.25, 0.3) is 0 Å². The van der Waals surface area contributed by atoms with Crippen LogP contribution in [0.2, 0.25) is 0 Å². The summed E-state index contributed by atoms with van der Waals surface area (Å²) in [6.45, 7) is 1.62. The van der Waals surface area contributed by atoms with Gasteiger partial charge in [0.2, 0.25) is 5.91 Å². The predicted octanol–water partition coefficient (Wildman–Crippen LogP) is 0.0992. The van der Waals surface area contributed by atoms with Crippen LogP contribution in [0.5, 0.6) is 0 Å². The number of rotatable bonds is 5. The monoisotopic (exact) mass is 237 g/mol. The summed E-state index contributed by atoms with van der Waals surface area (Å²) < 4.78 is 0. The van der Waals surface area contributed by atoms with Gasteiger partial charge in [0.15, 0.2) is 6.10 Å². The van der Waals surface area contributed by atoms with Crippen LogP contribution >= 0.6 is 0 Å². The summed E-state index contributed by atoms with van der Waals surface area (Å²) in [5.41, 5.74) is 1.89. The van der Waals surface area contributed by atoms with Gasteiger partial charge in [-0.3, -0.25) is 4.79 Å². The van der Waals surface area contributed by atoms with Crippen molar-refractivity contribution in [3.05, 3.63) is 35.4 Å².